The summed E-state index contributed by atoms with van der Waals surface area (Å²) in [6.07, 6.45) is -3.33. The van der Waals surface area contributed by atoms with Gasteiger partial charge < -0.3 is 0 Å². The Morgan fingerprint density at radius 3 is 2.38 bits per heavy atom. The zero-order valence-corrected chi connectivity index (χ0v) is 10.8. The van der Waals surface area contributed by atoms with E-state index in [0.717, 1.165) is 6.20 Å². The van der Waals surface area contributed by atoms with Crippen molar-refractivity contribution in [2.75, 3.05) is 0 Å². The van der Waals surface area contributed by atoms with E-state index >= 15 is 0 Å². The second-order valence-electron chi connectivity index (χ2n) is 3.99. The molecule has 0 radical (unpaired) electrons. The van der Waals surface area contributed by atoms with Gasteiger partial charge in [-0.15, -0.1) is 0 Å². The van der Waals surface area contributed by atoms with Crippen molar-refractivity contribution in [3.8, 4) is 0 Å². The van der Waals surface area contributed by atoms with Crippen molar-refractivity contribution in [2.45, 2.75) is 6.18 Å². The fourth-order valence-electron chi connectivity index (χ4n) is 1.66. The first-order chi connectivity index (χ1) is 9.71. The summed E-state index contributed by atoms with van der Waals surface area (Å²) in [5.74, 6) is -3.66. The molecule has 0 aliphatic heterocycles. The number of aromatic nitrogens is 1. The minimum absolute atomic E-state index is 0.452. The molecule has 1 aromatic heterocycles. The van der Waals surface area contributed by atoms with Gasteiger partial charge >= 0.3 is 6.18 Å². The number of carbonyl (C=O) groups is 1. The molecule has 0 bridgehead atoms. The van der Waals surface area contributed by atoms with Gasteiger partial charge in [-0.25, -0.2) is 8.78 Å². The van der Waals surface area contributed by atoms with Crippen molar-refractivity contribution in [2.24, 2.45) is 0 Å². The molecule has 0 saturated carbocycles. The Balaban J connectivity index is 2.59. The van der Waals surface area contributed by atoms with Crippen molar-refractivity contribution in [3.63, 3.8) is 0 Å². The summed E-state index contributed by atoms with van der Waals surface area (Å²) in [5, 5.41) is -0.578. The van der Waals surface area contributed by atoms with Crippen LogP contribution in [0.4, 0.5) is 22.0 Å². The molecule has 110 valence electrons. The maximum absolute atomic E-state index is 13.6. The van der Waals surface area contributed by atoms with Crippen LogP contribution >= 0.6 is 11.6 Å². The van der Waals surface area contributed by atoms with Gasteiger partial charge in [0.15, 0.2) is 5.78 Å². The fraction of sp³-hybridized carbons (Fsp3) is 0.0769. The highest BCUT2D eigenvalue weighted by molar-refractivity contribution is 6.30. The maximum atomic E-state index is 13.6. The molecule has 0 aliphatic rings. The standard InChI is InChI=1S/C13H5ClF5NO/c14-9-4-10(15)6(3-11(9)16)12(21)7-5-20-2-1-8(7)13(17,18)19/h1-5H. The van der Waals surface area contributed by atoms with Crippen LogP contribution in [0.3, 0.4) is 0 Å². The molecule has 1 aromatic carbocycles. The van der Waals surface area contributed by atoms with Crippen LogP contribution in [0.5, 0.6) is 0 Å². The molecule has 0 aliphatic carbocycles. The van der Waals surface area contributed by atoms with Gasteiger partial charge in [0.2, 0.25) is 0 Å². The second-order valence-corrected chi connectivity index (χ2v) is 4.40. The summed E-state index contributed by atoms with van der Waals surface area (Å²) >= 11 is 5.32. The highest BCUT2D eigenvalue weighted by Crippen LogP contribution is 2.33. The fourth-order valence-corrected chi connectivity index (χ4v) is 1.81. The number of nitrogens with zero attached hydrogens (tertiary/aromatic N) is 1. The molecule has 8 heteroatoms. The zero-order chi connectivity index (χ0) is 15.8. The van der Waals surface area contributed by atoms with Crippen molar-refractivity contribution in [3.05, 3.63) is 63.9 Å². The van der Waals surface area contributed by atoms with E-state index in [2.05, 4.69) is 4.98 Å². The minimum atomic E-state index is -4.82. The molecule has 0 atom stereocenters. The van der Waals surface area contributed by atoms with Crippen molar-refractivity contribution in [1.29, 1.82) is 0 Å². The number of benzene rings is 1. The lowest BCUT2D eigenvalue weighted by molar-refractivity contribution is -0.137. The van der Waals surface area contributed by atoms with Crippen LogP contribution in [-0.2, 0) is 6.18 Å². The Hall–Kier alpha value is -2.02. The van der Waals surface area contributed by atoms with E-state index in [1.54, 1.807) is 0 Å². The average Bonchev–Trinajstić information content (AvgIpc) is 2.41. The molecule has 0 spiro atoms. The Labute approximate surface area is 120 Å². The van der Waals surface area contributed by atoms with Crippen LogP contribution in [0, 0.1) is 11.6 Å². The number of rotatable bonds is 2. The largest absolute Gasteiger partial charge is 0.417 e. The number of alkyl halides is 3. The molecule has 0 fully saturated rings. The summed E-state index contributed by atoms with van der Waals surface area (Å²) in [4.78, 5) is 15.4. The summed E-state index contributed by atoms with van der Waals surface area (Å²) in [6, 6.07) is 1.55. The summed E-state index contributed by atoms with van der Waals surface area (Å²) in [6.45, 7) is 0. The molecule has 0 unspecified atom stereocenters. The lowest BCUT2D eigenvalue weighted by Gasteiger charge is -2.11. The predicted molar refractivity (Wildman–Crippen MR) is 64.0 cm³/mol. The van der Waals surface area contributed by atoms with Gasteiger partial charge in [0.25, 0.3) is 0 Å². The number of carbonyl (C=O) groups excluding carboxylic acids is 1. The summed E-state index contributed by atoms with van der Waals surface area (Å²) in [7, 11) is 0. The Morgan fingerprint density at radius 2 is 1.76 bits per heavy atom. The van der Waals surface area contributed by atoms with E-state index in [4.69, 9.17) is 11.6 Å². The maximum Gasteiger partial charge on any atom is 0.417 e. The van der Waals surface area contributed by atoms with Gasteiger partial charge in [0.1, 0.15) is 11.6 Å². The van der Waals surface area contributed by atoms with Gasteiger partial charge in [0.05, 0.1) is 21.7 Å². The molecule has 0 N–H and O–H groups in total. The highest BCUT2D eigenvalue weighted by Gasteiger charge is 2.36. The third-order valence-electron chi connectivity index (χ3n) is 2.63. The van der Waals surface area contributed by atoms with Crippen LogP contribution in [0.1, 0.15) is 21.5 Å². The molecular formula is C13H5ClF5NO. The van der Waals surface area contributed by atoms with Crippen molar-refractivity contribution < 1.29 is 26.7 Å². The van der Waals surface area contributed by atoms with Gasteiger partial charge in [-0.3, -0.25) is 9.78 Å². The first-order valence-corrected chi connectivity index (χ1v) is 5.80. The summed E-state index contributed by atoms with van der Waals surface area (Å²) in [5.41, 5.74) is -3.00. The smallest absolute Gasteiger partial charge is 0.288 e. The average molecular weight is 322 g/mol. The van der Waals surface area contributed by atoms with Crippen LogP contribution in [0.2, 0.25) is 5.02 Å². The van der Waals surface area contributed by atoms with Gasteiger partial charge in [0, 0.05) is 12.4 Å². The van der Waals surface area contributed by atoms with E-state index in [1.165, 1.54) is 0 Å². The van der Waals surface area contributed by atoms with Crippen LogP contribution in [0.25, 0.3) is 0 Å². The quantitative estimate of drug-likeness (QED) is 0.470. The van der Waals surface area contributed by atoms with Gasteiger partial charge in [-0.2, -0.15) is 13.2 Å². The van der Waals surface area contributed by atoms with E-state index in [9.17, 15) is 26.7 Å². The Kier molecular flexibility index (Phi) is 3.95. The van der Waals surface area contributed by atoms with E-state index < -0.39 is 45.3 Å². The number of ketones is 1. The third kappa shape index (κ3) is 3.02. The SMILES string of the molecule is O=C(c1cc(F)c(Cl)cc1F)c1cnccc1C(F)(F)F. The normalized spacial score (nSPS) is 11.5. The third-order valence-corrected chi connectivity index (χ3v) is 2.92. The summed E-state index contributed by atoms with van der Waals surface area (Å²) < 4.78 is 65.3. The van der Waals surface area contributed by atoms with Gasteiger partial charge in [-0.05, 0) is 18.2 Å². The molecule has 0 amide bonds. The molecule has 2 nitrogen and oxygen atoms in total. The van der Waals surface area contributed by atoms with Crippen LogP contribution in [0.15, 0.2) is 30.6 Å². The highest BCUT2D eigenvalue weighted by atomic mass is 35.5. The van der Waals surface area contributed by atoms with Crippen LogP contribution in [-0.4, -0.2) is 10.8 Å². The topological polar surface area (TPSA) is 30.0 Å². The van der Waals surface area contributed by atoms with E-state index in [-0.39, 0.29) is 0 Å². The predicted octanol–water partition coefficient (Wildman–Crippen LogP) is 4.26. The molecular weight excluding hydrogens is 317 g/mol. The van der Waals surface area contributed by atoms with E-state index in [1.807, 2.05) is 0 Å². The molecule has 21 heavy (non-hydrogen) atoms. The lowest BCUT2D eigenvalue weighted by atomic mass is 9.99. The monoisotopic (exact) mass is 321 g/mol. The van der Waals surface area contributed by atoms with Crippen molar-refractivity contribution in [1.82, 2.24) is 4.98 Å². The van der Waals surface area contributed by atoms with Gasteiger partial charge in [-0.1, -0.05) is 11.6 Å². The second kappa shape index (κ2) is 5.40. The number of pyridine rings is 1. The molecule has 2 aromatic rings. The Bertz CT molecular complexity index is 714. The first kappa shape index (κ1) is 15.4. The van der Waals surface area contributed by atoms with Crippen LogP contribution < -0.4 is 0 Å². The minimum Gasteiger partial charge on any atom is -0.288 e. The zero-order valence-electron chi connectivity index (χ0n) is 10.0. The molecule has 2 rings (SSSR count). The number of hydrogen-bond acceptors (Lipinski definition) is 2. The first-order valence-electron chi connectivity index (χ1n) is 5.42. The number of hydrogen-bond donors (Lipinski definition) is 0. The number of halogens is 6. The van der Waals surface area contributed by atoms with Crippen molar-refractivity contribution >= 4 is 17.4 Å². The van der Waals surface area contributed by atoms with E-state index in [0.29, 0.717) is 24.4 Å². The lowest BCUT2D eigenvalue weighted by Crippen LogP contribution is -2.15. The Morgan fingerprint density at radius 1 is 1.10 bits per heavy atom. The molecule has 1 heterocycles. The molecule has 0 saturated heterocycles.